The van der Waals surface area contributed by atoms with E-state index in [1.54, 1.807) is 70.5 Å². The number of aliphatic hydroxyl groups is 2. The lowest BCUT2D eigenvalue weighted by atomic mass is 9.67. The molecular weight excluding hydrogens is 568 g/mol. The molecule has 0 amide bonds. The van der Waals surface area contributed by atoms with Crippen molar-refractivity contribution in [2.45, 2.75) is 59.0 Å². The molecule has 2 aliphatic rings. The summed E-state index contributed by atoms with van der Waals surface area (Å²) in [6, 6.07) is 22.1. The second-order valence-electron chi connectivity index (χ2n) is 11.8. The van der Waals surface area contributed by atoms with Gasteiger partial charge in [0.1, 0.15) is 11.5 Å². The quantitative estimate of drug-likeness (QED) is 0.266. The van der Waals surface area contributed by atoms with Gasteiger partial charge in [0.15, 0.2) is 0 Å². The molecule has 4 N–H and O–H groups in total. The zero-order valence-electron chi connectivity index (χ0n) is 27.9. The monoisotopic (exact) mass is 622 g/mol. The third kappa shape index (κ3) is 8.64. The predicted molar refractivity (Wildman–Crippen MR) is 173 cm³/mol. The van der Waals surface area contributed by atoms with Gasteiger partial charge in [-0.15, -0.1) is 0 Å². The van der Waals surface area contributed by atoms with Gasteiger partial charge in [-0.25, -0.2) is 0 Å². The lowest BCUT2D eigenvalue weighted by Gasteiger charge is -2.56. The molecule has 0 fully saturated rings. The Balaban J connectivity index is 0.000000331. The molecule has 3 aromatic carbocycles. The van der Waals surface area contributed by atoms with Crippen LogP contribution in [0.3, 0.4) is 0 Å². The van der Waals surface area contributed by atoms with Crippen molar-refractivity contribution >= 4 is 0 Å². The highest BCUT2D eigenvalue weighted by Gasteiger charge is 2.48. The van der Waals surface area contributed by atoms with Crippen molar-refractivity contribution < 1.29 is 39.7 Å². The minimum atomic E-state index is -2.51. The lowest BCUT2D eigenvalue weighted by Crippen LogP contribution is -3.11. The molecule has 8 heteroatoms. The lowest BCUT2D eigenvalue weighted by molar-refractivity contribution is -0.894. The minimum absolute atomic E-state index is 0.0925. The summed E-state index contributed by atoms with van der Waals surface area (Å²) in [4.78, 5) is 3.36. The summed E-state index contributed by atoms with van der Waals surface area (Å²) in [5.74, 6) is -7.23. The van der Waals surface area contributed by atoms with Crippen molar-refractivity contribution in [1.82, 2.24) is 0 Å². The van der Waals surface area contributed by atoms with Gasteiger partial charge in [-0.05, 0) is 65.2 Å². The van der Waals surface area contributed by atoms with Crippen molar-refractivity contribution in [3.8, 4) is 11.5 Å². The molecule has 0 aromatic heterocycles. The van der Waals surface area contributed by atoms with Crippen LogP contribution >= 0.6 is 0 Å². The first-order chi connectivity index (χ1) is 21.6. The van der Waals surface area contributed by atoms with Gasteiger partial charge in [-0.1, -0.05) is 66.7 Å². The molecule has 8 nitrogen and oxygen atoms in total. The molecule has 0 bridgehead atoms. The molecule has 5 rings (SSSR count). The van der Waals surface area contributed by atoms with Crippen molar-refractivity contribution in [3.63, 3.8) is 0 Å². The molecule has 248 valence electrons. The van der Waals surface area contributed by atoms with Crippen LogP contribution in [0.4, 0.5) is 0 Å². The van der Waals surface area contributed by atoms with Gasteiger partial charge < -0.3 is 39.7 Å². The molecule has 4 unspecified atom stereocenters. The Bertz CT molecular complexity index is 1190. The van der Waals surface area contributed by atoms with Crippen LogP contribution in [-0.4, -0.2) is 62.7 Å². The maximum absolute atomic E-state index is 13.6. The number of benzene rings is 3. The highest BCUT2D eigenvalue weighted by molar-refractivity contribution is 5.42. The molecule has 0 aliphatic carbocycles. The average Bonchev–Trinajstić information content (AvgIpc) is 3.06. The molecule has 0 radical (unpaired) electrons. The topological polar surface area (TPSA) is 114 Å². The van der Waals surface area contributed by atoms with Gasteiger partial charge in [-0.2, -0.15) is 0 Å². The van der Waals surface area contributed by atoms with Crippen LogP contribution in [0.2, 0.25) is 0 Å². The molecular formula is C37H54N2O6. The molecule has 3 aromatic rings. The van der Waals surface area contributed by atoms with E-state index in [2.05, 4.69) is 41.5 Å². The highest BCUT2D eigenvalue weighted by Crippen LogP contribution is 2.51. The fourth-order valence-electron chi connectivity index (χ4n) is 6.38. The largest absolute Gasteiger partial charge is 0.825 e. The van der Waals surface area contributed by atoms with E-state index in [4.69, 9.17) is 9.47 Å². The standard InChI is InChI=1S/C25H22O6.2C6H15N/c26-24(27)17-10-4-6-12-21(17)30-14-19(24)23(16-8-2-1-3-9-16)20-15-31-22-13-7-5-11-18(22)25(20,28)29;2*1-4-7(5-2)6-3/h1-13,19-20,23,26,28H,14-15H2;2*4-6H2,1-3H3/q-2;;/p+2. The number of rotatable bonds is 9. The second kappa shape index (κ2) is 17.1. The maximum Gasteiger partial charge on any atom is 0.123 e. The Morgan fingerprint density at radius 3 is 1.27 bits per heavy atom. The zero-order valence-corrected chi connectivity index (χ0v) is 27.9. The van der Waals surface area contributed by atoms with Crippen LogP contribution < -0.4 is 29.5 Å². The van der Waals surface area contributed by atoms with E-state index in [9.17, 15) is 20.4 Å². The maximum atomic E-state index is 13.6. The van der Waals surface area contributed by atoms with Crippen LogP contribution in [0.15, 0.2) is 78.9 Å². The van der Waals surface area contributed by atoms with E-state index >= 15 is 0 Å². The first kappa shape index (κ1) is 36.5. The third-order valence-corrected chi connectivity index (χ3v) is 9.44. The predicted octanol–water partition coefficient (Wildman–Crippen LogP) is 1.06. The number of hydrogen-bond donors (Lipinski definition) is 4. The van der Waals surface area contributed by atoms with E-state index in [0.717, 1.165) is 0 Å². The number of nitrogens with one attached hydrogen (secondary N) is 2. The third-order valence-electron chi connectivity index (χ3n) is 9.44. The van der Waals surface area contributed by atoms with Gasteiger partial charge in [0.2, 0.25) is 0 Å². The van der Waals surface area contributed by atoms with Crippen LogP contribution in [-0.2, 0) is 11.6 Å². The minimum Gasteiger partial charge on any atom is -0.825 e. The normalized spacial score (nSPS) is 24.1. The summed E-state index contributed by atoms with van der Waals surface area (Å²) in [6.07, 6.45) is 0. The van der Waals surface area contributed by atoms with E-state index in [1.807, 2.05) is 6.07 Å². The van der Waals surface area contributed by atoms with E-state index in [0.29, 0.717) is 17.1 Å². The first-order valence-corrected chi connectivity index (χ1v) is 16.6. The zero-order chi connectivity index (χ0) is 33.0. The van der Waals surface area contributed by atoms with Crippen LogP contribution in [0.1, 0.15) is 64.2 Å². The SMILES string of the molecule is CC[NH+](CC)CC.CC[NH+](CC)CC.[O-]C1(O)c2ccccc2OCC1C(c1ccccc1)C1COc2ccccc2C1([O-])O. The van der Waals surface area contributed by atoms with E-state index in [1.165, 1.54) is 51.4 Å². The van der Waals surface area contributed by atoms with Crippen LogP contribution in [0.5, 0.6) is 11.5 Å². The Kier molecular flexibility index (Phi) is 13.8. The second-order valence-corrected chi connectivity index (χ2v) is 11.8. The summed E-state index contributed by atoms with van der Waals surface area (Å²) in [7, 11) is 0. The Morgan fingerprint density at radius 2 is 0.933 bits per heavy atom. The molecule has 4 atom stereocenters. The number of hydrogen-bond acceptors (Lipinski definition) is 6. The Labute approximate surface area is 269 Å². The van der Waals surface area contributed by atoms with Gasteiger partial charge >= 0.3 is 0 Å². The fraction of sp³-hybridized carbons (Fsp3) is 0.514. The van der Waals surface area contributed by atoms with E-state index < -0.39 is 29.3 Å². The summed E-state index contributed by atoms with van der Waals surface area (Å²) in [6.45, 7) is 20.8. The molecule has 45 heavy (non-hydrogen) atoms. The number of para-hydroxylation sites is 2. The average molecular weight is 623 g/mol. The first-order valence-electron chi connectivity index (χ1n) is 16.6. The van der Waals surface area contributed by atoms with Crippen LogP contribution in [0.25, 0.3) is 0 Å². The number of fused-ring (bicyclic) bond motifs is 2. The molecule has 0 spiro atoms. The molecule has 2 heterocycles. The van der Waals surface area contributed by atoms with Crippen LogP contribution in [0, 0.1) is 11.8 Å². The molecule has 0 saturated carbocycles. The van der Waals surface area contributed by atoms with Crippen molar-refractivity contribution in [2.75, 3.05) is 52.5 Å². The summed E-state index contributed by atoms with van der Waals surface area (Å²) in [5.41, 5.74) is 0.907. The van der Waals surface area contributed by atoms with Crippen molar-refractivity contribution in [3.05, 3.63) is 95.6 Å². The smallest absolute Gasteiger partial charge is 0.123 e. The molecule has 0 saturated heterocycles. The van der Waals surface area contributed by atoms with E-state index in [-0.39, 0.29) is 24.3 Å². The van der Waals surface area contributed by atoms with Gasteiger partial charge in [0.25, 0.3) is 0 Å². The summed E-state index contributed by atoms with van der Waals surface area (Å²) >= 11 is 0. The Morgan fingerprint density at radius 1 is 0.600 bits per heavy atom. The summed E-state index contributed by atoms with van der Waals surface area (Å²) in [5, 5.41) is 49.6. The number of ether oxygens (including phenoxy) is 2. The van der Waals surface area contributed by atoms with Gasteiger partial charge in [-0.3, -0.25) is 0 Å². The summed E-state index contributed by atoms with van der Waals surface area (Å²) < 4.78 is 11.6. The van der Waals surface area contributed by atoms with Gasteiger partial charge in [0.05, 0.1) is 52.5 Å². The fourth-order valence-corrected chi connectivity index (χ4v) is 6.38. The number of quaternary nitrogens is 2. The highest BCUT2D eigenvalue weighted by atomic mass is 16.5. The molecule has 2 aliphatic heterocycles. The Hall–Kier alpha value is -2.98. The van der Waals surface area contributed by atoms with Crippen molar-refractivity contribution in [1.29, 1.82) is 0 Å². The van der Waals surface area contributed by atoms with Gasteiger partial charge in [0, 0.05) is 34.5 Å². The van der Waals surface area contributed by atoms with Crippen molar-refractivity contribution in [2.24, 2.45) is 11.8 Å².